The minimum absolute atomic E-state index is 0.194. The molecule has 0 aliphatic heterocycles. The van der Waals surface area contributed by atoms with Crippen LogP contribution < -0.4 is 11.1 Å². The number of nitrogens with two attached hydrogens (primary N) is 1. The number of halogens is 3. The summed E-state index contributed by atoms with van der Waals surface area (Å²) < 4.78 is 26.1. The number of carbonyl (C=O) groups excluding carboxylic acids is 1. The molecule has 2 rings (SSSR count). The first kappa shape index (κ1) is 15.3. The van der Waals surface area contributed by atoms with Gasteiger partial charge < -0.3 is 11.1 Å². The second-order valence-electron chi connectivity index (χ2n) is 4.60. The van der Waals surface area contributed by atoms with Gasteiger partial charge in [-0.2, -0.15) is 0 Å². The number of nitrogens with one attached hydrogen (secondary N) is 1. The minimum atomic E-state index is -0.907. The van der Waals surface area contributed by atoms with E-state index in [2.05, 4.69) is 5.32 Å². The van der Waals surface area contributed by atoms with E-state index in [1.807, 2.05) is 0 Å². The number of primary amides is 1. The maximum atomic E-state index is 13.2. The van der Waals surface area contributed by atoms with Crippen LogP contribution in [0.1, 0.15) is 28.9 Å². The Morgan fingerprint density at radius 1 is 1.19 bits per heavy atom. The highest BCUT2D eigenvalue weighted by molar-refractivity contribution is 6.33. The molecule has 0 aliphatic rings. The van der Waals surface area contributed by atoms with Crippen molar-refractivity contribution in [1.82, 2.24) is 0 Å². The molecule has 0 fully saturated rings. The van der Waals surface area contributed by atoms with Crippen LogP contribution in [0.4, 0.5) is 14.5 Å². The molecule has 0 radical (unpaired) electrons. The largest absolute Gasteiger partial charge is 0.378 e. The van der Waals surface area contributed by atoms with E-state index in [9.17, 15) is 13.6 Å². The molecular weight excluding hydrogens is 298 g/mol. The first-order valence-electron chi connectivity index (χ1n) is 6.19. The molecule has 0 saturated carbocycles. The summed E-state index contributed by atoms with van der Waals surface area (Å²) in [6, 6.07) is 8.12. The summed E-state index contributed by atoms with van der Waals surface area (Å²) in [6.45, 7) is 1.78. The summed E-state index contributed by atoms with van der Waals surface area (Å²) >= 11 is 5.86. The number of benzene rings is 2. The second kappa shape index (κ2) is 6.10. The van der Waals surface area contributed by atoms with Crippen molar-refractivity contribution in [2.45, 2.75) is 13.0 Å². The van der Waals surface area contributed by atoms with E-state index >= 15 is 0 Å². The number of carbonyl (C=O) groups is 1. The molecule has 0 saturated heterocycles. The summed E-state index contributed by atoms with van der Waals surface area (Å²) in [5.41, 5.74) is 6.59. The van der Waals surface area contributed by atoms with E-state index in [4.69, 9.17) is 17.3 Å². The lowest BCUT2D eigenvalue weighted by Gasteiger charge is -2.16. The van der Waals surface area contributed by atoms with E-state index in [1.165, 1.54) is 12.1 Å². The molecule has 1 atom stereocenters. The molecule has 3 nitrogen and oxygen atoms in total. The van der Waals surface area contributed by atoms with E-state index in [1.54, 1.807) is 19.1 Å². The summed E-state index contributed by atoms with van der Waals surface area (Å²) in [4.78, 5) is 11.2. The second-order valence-corrected chi connectivity index (χ2v) is 5.01. The maximum absolute atomic E-state index is 13.2. The summed E-state index contributed by atoms with van der Waals surface area (Å²) in [5.74, 6) is -2.44. The highest BCUT2D eigenvalue weighted by Gasteiger charge is 2.12. The SMILES string of the molecule is CC(Nc1ccc(Cl)c(C(N)=O)c1)c1ccc(F)c(F)c1. The molecule has 0 aromatic heterocycles. The number of anilines is 1. The van der Waals surface area contributed by atoms with Crippen LogP contribution >= 0.6 is 11.6 Å². The molecule has 0 bridgehead atoms. The van der Waals surface area contributed by atoms with Crippen molar-refractivity contribution in [2.24, 2.45) is 5.73 Å². The lowest BCUT2D eigenvalue weighted by molar-refractivity contribution is 0.100. The minimum Gasteiger partial charge on any atom is -0.378 e. The average Bonchev–Trinajstić information content (AvgIpc) is 2.43. The van der Waals surface area contributed by atoms with Gasteiger partial charge in [-0.25, -0.2) is 8.78 Å². The molecule has 2 aromatic rings. The van der Waals surface area contributed by atoms with Gasteiger partial charge in [0.15, 0.2) is 11.6 Å². The quantitative estimate of drug-likeness (QED) is 0.900. The van der Waals surface area contributed by atoms with Crippen LogP contribution in [-0.2, 0) is 0 Å². The fraction of sp³-hybridized carbons (Fsp3) is 0.133. The van der Waals surface area contributed by atoms with E-state index in [0.29, 0.717) is 11.3 Å². The highest BCUT2D eigenvalue weighted by atomic mass is 35.5. The zero-order chi connectivity index (χ0) is 15.6. The van der Waals surface area contributed by atoms with Crippen molar-refractivity contribution in [3.8, 4) is 0 Å². The van der Waals surface area contributed by atoms with Gasteiger partial charge in [0.1, 0.15) is 0 Å². The van der Waals surface area contributed by atoms with E-state index in [-0.39, 0.29) is 16.6 Å². The van der Waals surface area contributed by atoms with Crippen LogP contribution in [0.5, 0.6) is 0 Å². The van der Waals surface area contributed by atoms with Gasteiger partial charge in [-0.1, -0.05) is 17.7 Å². The Morgan fingerprint density at radius 3 is 2.52 bits per heavy atom. The molecule has 3 N–H and O–H groups in total. The molecule has 1 unspecified atom stereocenters. The van der Waals surface area contributed by atoms with Crippen molar-refractivity contribution in [3.05, 3.63) is 64.2 Å². The normalized spacial score (nSPS) is 12.0. The maximum Gasteiger partial charge on any atom is 0.250 e. The average molecular weight is 311 g/mol. The molecule has 0 heterocycles. The smallest absolute Gasteiger partial charge is 0.250 e. The van der Waals surface area contributed by atoms with Gasteiger partial charge in [-0.3, -0.25) is 4.79 Å². The molecule has 110 valence electrons. The number of amides is 1. The van der Waals surface area contributed by atoms with Gasteiger partial charge in [0, 0.05) is 11.7 Å². The lowest BCUT2D eigenvalue weighted by atomic mass is 10.1. The highest BCUT2D eigenvalue weighted by Crippen LogP contribution is 2.24. The molecule has 0 aliphatic carbocycles. The standard InChI is InChI=1S/C15H13ClF2N2O/c1-8(9-2-5-13(17)14(18)6-9)20-10-3-4-12(16)11(7-10)15(19)21/h2-8,20H,1H3,(H2,19,21). The lowest BCUT2D eigenvalue weighted by Crippen LogP contribution is -2.13. The van der Waals surface area contributed by atoms with Crippen LogP contribution in [0.25, 0.3) is 0 Å². The first-order valence-corrected chi connectivity index (χ1v) is 6.57. The van der Waals surface area contributed by atoms with Gasteiger partial charge >= 0.3 is 0 Å². The predicted molar refractivity (Wildman–Crippen MR) is 78.4 cm³/mol. The zero-order valence-corrected chi connectivity index (χ0v) is 11.9. The molecule has 0 spiro atoms. The van der Waals surface area contributed by atoms with Crippen LogP contribution in [-0.4, -0.2) is 5.91 Å². The Labute approximate surface area is 125 Å². The molecule has 21 heavy (non-hydrogen) atoms. The first-order chi connectivity index (χ1) is 9.88. The number of rotatable bonds is 4. The van der Waals surface area contributed by atoms with Gasteiger partial charge in [-0.15, -0.1) is 0 Å². The Kier molecular flexibility index (Phi) is 4.43. The van der Waals surface area contributed by atoms with Crippen molar-refractivity contribution in [1.29, 1.82) is 0 Å². The summed E-state index contributed by atoms with van der Waals surface area (Å²) in [5, 5.41) is 3.33. The number of hydrogen-bond donors (Lipinski definition) is 2. The molecule has 6 heteroatoms. The van der Waals surface area contributed by atoms with Crippen molar-refractivity contribution >= 4 is 23.2 Å². The van der Waals surface area contributed by atoms with Crippen molar-refractivity contribution < 1.29 is 13.6 Å². The molecule has 1 amide bonds. The Hall–Kier alpha value is -2.14. The van der Waals surface area contributed by atoms with Gasteiger partial charge in [0.25, 0.3) is 0 Å². The third kappa shape index (κ3) is 3.49. The number of hydrogen-bond acceptors (Lipinski definition) is 2. The Bertz CT molecular complexity index is 691. The van der Waals surface area contributed by atoms with E-state index in [0.717, 1.165) is 12.1 Å². The fourth-order valence-electron chi connectivity index (χ4n) is 1.92. The molecule has 2 aromatic carbocycles. The van der Waals surface area contributed by atoms with Gasteiger partial charge in [0.05, 0.1) is 10.6 Å². The third-order valence-corrected chi connectivity index (χ3v) is 3.39. The van der Waals surface area contributed by atoms with Crippen LogP contribution in [0.15, 0.2) is 36.4 Å². The van der Waals surface area contributed by atoms with Crippen LogP contribution in [0.2, 0.25) is 5.02 Å². The van der Waals surface area contributed by atoms with Crippen LogP contribution in [0, 0.1) is 11.6 Å². The van der Waals surface area contributed by atoms with E-state index < -0.39 is 17.5 Å². The zero-order valence-electron chi connectivity index (χ0n) is 11.2. The predicted octanol–water partition coefficient (Wildman–Crippen LogP) is 3.89. The monoisotopic (exact) mass is 310 g/mol. The summed E-state index contributed by atoms with van der Waals surface area (Å²) in [6.07, 6.45) is 0. The van der Waals surface area contributed by atoms with Gasteiger partial charge in [0.2, 0.25) is 5.91 Å². The fourth-order valence-corrected chi connectivity index (χ4v) is 2.13. The Balaban J connectivity index is 2.23. The topological polar surface area (TPSA) is 55.1 Å². The Morgan fingerprint density at radius 2 is 1.90 bits per heavy atom. The van der Waals surface area contributed by atoms with Gasteiger partial charge in [-0.05, 0) is 42.8 Å². The van der Waals surface area contributed by atoms with Crippen LogP contribution in [0.3, 0.4) is 0 Å². The third-order valence-electron chi connectivity index (χ3n) is 3.06. The van der Waals surface area contributed by atoms with Crippen molar-refractivity contribution in [3.63, 3.8) is 0 Å². The molecular formula is C15H13ClF2N2O. The summed E-state index contributed by atoms with van der Waals surface area (Å²) in [7, 11) is 0. The van der Waals surface area contributed by atoms with Crippen molar-refractivity contribution in [2.75, 3.05) is 5.32 Å².